The van der Waals surface area contributed by atoms with Crippen molar-refractivity contribution in [3.05, 3.63) is 35.9 Å². The fourth-order valence-corrected chi connectivity index (χ4v) is 2.03. The third-order valence-electron chi connectivity index (χ3n) is 1.93. The SMILES string of the molecule is CC(C)COC(c1ccccc1)S([NH])(=O)=O. The van der Waals surface area contributed by atoms with Crippen LogP contribution in [0.25, 0.3) is 0 Å². The Morgan fingerprint density at radius 2 is 1.81 bits per heavy atom. The van der Waals surface area contributed by atoms with Crippen LogP contribution in [0.4, 0.5) is 0 Å². The van der Waals surface area contributed by atoms with E-state index in [1.807, 2.05) is 13.8 Å². The Morgan fingerprint density at radius 3 is 2.25 bits per heavy atom. The van der Waals surface area contributed by atoms with Gasteiger partial charge < -0.3 is 4.74 Å². The molecule has 1 N–H and O–H groups in total. The number of rotatable bonds is 5. The van der Waals surface area contributed by atoms with Gasteiger partial charge in [0.05, 0.1) is 6.61 Å². The molecule has 0 fully saturated rings. The van der Waals surface area contributed by atoms with Gasteiger partial charge in [0.2, 0.25) is 0 Å². The molecule has 0 aliphatic heterocycles. The molecule has 0 amide bonds. The Kier molecular flexibility index (Phi) is 4.46. The minimum absolute atomic E-state index is 0.230. The lowest BCUT2D eigenvalue weighted by molar-refractivity contribution is 0.0835. The molecule has 0 spiro atoms. The van der Waals surface area contributed by atoms with E-state index in [1.54, 1.807) is 30.3 Å². The molecule has 0 bridgehead atoms. The van der Waals surface area contributed by atoms with E-state index in [2.05, 4.69) is 0 Å². The zero-order valence-corrected chi connectivity index (χ0v) is 10.2. The summed E-state index contributed by atoms with van der Waals surface area (Å²) in [6.07, 6.45) is 0. The van der Waals surface area contributed by atoms with Gasteiger partial charge in [0.15, 0.2) is 5.44 Å². The minimum Gasteiger partial charge on any atom is -0.356 e. The van der Waals surface area contributed by atoms with Gasteiger partial charge >= 0.3 is 0 Å². The first kappa shape index (κ1) is 13.2. The summed E-state index contributed by atoms with van der Waals surface area (Å²) in [7, 11) is -3.99. The second-order valence-corrected chi connectivity index (χ2v) is 5.53. The van der Waals surface area contributed by atoms with Crippen molar-refractivity contribution in [1.29, 1.82) is 0 Å². The van der Waals surface area contributed by atoms with Crippen LogP contribution in [0.15, 0.2) is 30.3 Å². The molecule has 1 radical (unpaired) electrons. The van der Waals surface area contributed by atoms with Crippen molar-refractivity contribution >= 4 is 10.0 Å². The first-order valence-corrected chi connectivity index (χ1v) is 6.61. The quantitative estimate of drug-likeness (QED) is 0.792. The maximum Gasteiger partial charge on any atom is 0.256 e. The normalized spacial score (nSPS) is 14.0. The molecule has 5 heteroatoms. The molecule has 0 heterocycles. The predicted octanol–water partition coefficient (Wildman–Crippen LogP) is 1.97. The van der Waals surface area contributed by atoms with Gasteiger partial charge in [-0.1, -0.05) is 44.2 Å². The highest BCUT2D eigenvalue weighted by Crippen LogP contribution is 2.22. The summed E-state index contributed by atoms with van der Waals surface area (Å²) in [6.45, 7) is 4.18. The number of hydrogen-bond acceptors (Lipinski definition) is 3. The van der Waals surface area contributed by atoms with Gasteiger partial charge in [-0.3, -0.25) is 0 Å². The topological polar surface area (TPSA) is 67.2 Å². The zero-order chi connectivity index (χ0) is 12.2. The summed E-state index contributed by atoms with van der Waals surface area (Å²) in [6, 6.07) is 8.55. The maximum atomic E-state index is 11.3. The highest BCUT2D eigenvalue weighted by Gasteiger charge is 2.25. The van der Waals surface area contributed by atoms with Crippen LogP contribution in [0.2, 0.25) is 0 Å². The largest absolute Gasteiger partial charge is 0.356 e. The molecule has 89 valence electrons. The van der Waals surface area contributed by atoms with Gasteiger partial charge in [0.25, 0.3) is 10.0 Å². The minimum atomic E-state index is -3.99. The highest BCUT2D eigenvalue weighted by atomic mass is 32.2. The summed E-state index contributed by atoms with van der Waals surface area (Å²) >= 11 is 0. The number of sulfonamides is 1. The van der Waals surface area contributed by atoms with Gasteiger partial charge in [-0.15, -0.1) is 5.14 Å². The lowest BCUT2D eigenvalue weighted by Crippen LogP contribution is -2.19. The standard InChI is InChI=1S/C11H16NO3S/c1-9(2)8-15-11(16(12,13)14)10-6-4-3-5-7-10/h3-7,9,11-12H,8H2,1-2H3. The van der Waals surface area contributed by atoms with Crippen LogP contribution in [0.1, 0.15) is 24.8 Å². The highest BCUT2D eigenvalue weighted by molar-refractivity contribution is 7.88. The number of hydrogen-bond donors (Lipinski definition) is 0. The first-order valence-electron chi connectivity index (χ1n) is 5.06. The molecule has 0 saturated heterocycles. The van der Waals surface area contributed by atoms with Gasteiger partial charge in [-0.05, 0) is 11.5 Å². The number of benzene rings is 1. The molecule has 1 aromatic carbocycles. The van der Waals surface area contributed by atoms with Crippen molar-refractivity contribution < 1.29 is 13.2 Å². The molecule has 0 aromatic heterocycles. The van der Waals surface area contributed by atoms with Crippen LogP contribution in [0.3, 0.4) is 0 Å². The van der Waals surface area contributed by atoms with Crippen LogP contribution in [0.5, 0.6) is 0 Å². The smallest absolute Gasteiger partial charge is 0.256 e. The Hall–Kier alpha value is -0.910. The summed E-state index contributed by atoms with van der Waals surface area (Å²) in [5.74, 6) is 0.230. The van der Waals surface area contributed by atoms with Gasteiger partial charge in [0, 0.05) is 0 Å². The molecule has 0 aliphatic carbocycles. The molecule has 0 aliphatic rings. The van der Waals surface area contributed by atoms with Crippen molar-refractivity contribution in [2.75, 3.05) is 6.61 Å². The van der Waals surface area contributed by atoms with Gasteiger partial charge in [0.1, 0.15) is 0 Å². The van der Waals surface area contributed by atoms with E-state index < -0.39 is 15.5 Å². The number of ether oxygens (including phenoxy) is 1. The second-order valence-electron chi connectivity index (χ2n) is 4.01. The number of nitrogens with one attached hydrogen (secondary N) is 1. The fraction of sp³-hybridized carbons (Fsp3) is 0.455. The molecule has 1 aromatic rings. The van der Waals surface area contributed by atoms with E-state index >= 15 is 0 Å². The third kappa shape index (κ3) is 3.92. The van der Waals surface area contributed by atoms with Crippen LogP contribution >= 0.6 is 0 Å². The predicted molar refractivity (Wildman–Crippen MR) is 62.0 cm³/mol. The van der Waals surface area contributed by atoms with Gasteiger partial charge in [-0.25, -0.2) is 8.42 Å². The monoisotopic (exact) mass is 242 g/mol. The molecular weight excluding hydrogens is 226 g/mol. The average Bonchev–Trinajstić information content (AvgIpc) is 2.17. The van der Waals surface area contributed by atoms with Crippen LogP contribution in [-0.4, -0.2) is 15.0 Å². The fourth-order valence-electron chi connectivity index (χ4n) is 1.25. The Balaban J connectivity index is 2.90. The summed E-state index contributed by atoms with van der Waals surface area (Å²) in [5.41, 5.74) is -0.686. The van der Waals surface area contributed by atoms with E-state index in [1.165, 1.54) is 0 Å². The van der Waals surface area contributed by atoms with E-state index in [4.69, 9.17) is 9.88 Å². The summed E-state index contributed by atoms with van der Waals surface area (Å²) in [4.78, 5) is 0. The molecule has 0 saturated carbocycles. The first-order chi connectivity index (χ1) is 7.41. The van der Waals surface area contributed by atoms with Crippen molar-refractivity contribution in [3.63, 3.8) is 0 Å². The maximum absolute atomic E-state index is 11.3. The molecule has 16 heavy (non-hydrogen) atoms. The van der Waals surface area contributed by atoms with Crippen molar-refractivity contribution in [1.82, 2.24) is 5.14 Å². The summed E-state index contributed by atoms with van der Waals surface area (Å²) in [5, 5.41) is 7.12. The van der Waals surface area contributed by atoms with Crippen molar-refractivity contribution in [2.45, 2.75) is 19.3 Å². The third-order valence-corrected chi connectivity index (χ3v) is 2.91. The zero-order valence-electron chi connectivity index (χ0n) is 9.38. The second kappa shape index (κ2) is 5.43. The molecule has 4 nitrogen and oxygen atoms in total. The van der Waals surface area contributed by atoms with Crippen LogP contribution in [0, 0.1) is 5.92 Å². The van der Waals surface area contributed by atoms with E-state index in [9.17, 15) is 8.42 Å². The Labute approximate surface area is 96.5 Å². The average molecular weight is 242 g/mol. The van der Waals surface area contributed by atoms with E-state index in [-0.39, 0.29) is 5.92 Å². The van der Waals surface area contributed by atoms with E-state index in [0.29, 0.717) is 12.2 Å². The summed E-state index contributed by atoms with van der Waals surface area (Å²) < 4.78 is 27.9. The Morgan fingerprint density at radius 1 is 1.25 bits per heavy atom. The lowest BCUT2D eigenvalue weighted by Gasteiger charge is -2.16. The lowest BCUT2D eigenvalue weighted by atomic mass is 10.2. The Bertz CT molecular complexity index is 414. The molecule has 1 atom stereocenters. The van der Waals surface area contributed by atoms with E-state index in [0.717, 1.165) is 0 Å². The molecule has 1 rings (SSSR count). The molecular formula is C11H16NO3S. The van der Waals surface area contributed by atoms with Crippen LogP contribution in [-0.2, 0) is 14.8 Å². The van der Waals surface area contributed by atoms with Crippen LogP contribution < -0.4 is 5.14 Å². The molecule has 1 unspecified atom stereocenters. The van der Waals surface area contributed by atoms with Crippen molar-refractivity contribution in [3.8, 4) is 0 Å². The van der Waals surface area contributed by atoms with Crippen molar-refractivity contribution in [2.24, 2.45) is 5.92 Å². The van der Waals surface area contributed by atoms with Gasteiger partial charge in [-0.2, -0.15) is 0 Å².